The number of rotatable bonds is 1. The van der Waals surface area contributed by atoms with Crippen LogP contribution in [0.5, 0.6) is 0 Å². The van der Waals surface area contributed by atoms with E-state index in [1.54, 1.807) is 0 Å². The van der Waals surface area contributed by atoms with Gasteiger partial charge in [0.05, 0.1) is 17.8 Å². The number of hydrogen-bond acceptors (Lipinski definition) is 5. The van der Waals surface area contributed by atoms with Gasteiger partial charge in [0, 0.05) is 25.7 Å². The molecule has 0 saturated carbocycles. The summed E-state index contributed by atoms with van der Waals surface area (Å²) in [6, 6.07) is 0.480. The van der Waals surface area contributed by atoms with Gasteiger partial charge in [-0.1, -0.05) is 0 Å². The van der Waals surface area contributed by atoms with Gasteiger partial charge in [0.2, 0.25) is 0 Å². The second-order valence-electron chi connectivity index (χ2n) is 5.88. The number of ether oxygens (including phenoxy) is 1. The van der Waals surface area contributed by atoms with E-state index in [9.17, 15) is 10.2 Å². The van der Waals surface area contributed by atoms with Crippen molar-refractivity contribution in [1.82, 2.24) is 4.90 Å². The Morgan fingerprint density at radius 1 is 1.11 bits per heavy atom. The van der Waals surface area contributed by atoms with Gasteiger partial charge < -0.3 is 14.9 Å². The largest absolute Gasteiger partial charge is 0.389 e. The smallest absolute Gasteiger partial charge is 0.0938 e. The fourth-order valence-electron chi connectivity index (χ4n) is 3.50. The number of aliphatic hydroxyl groups excluding tert-OH is 2. The van der Waals surface area contributed by atoms with E-state index in [2.05, 4.69) is 4.90 Å². The van der Waals surface area contributed by atoms with Crippen molar-refractivity contribution in [1.29, 1.82) is 0 Å². The highest BCUT2D eigenvalue weighted by atomic mass is 32.2. The molecule has 0 aromatic carbocycles. The molecule has 3 heterocycles. The van der Waals surface area contributed by atoms with Crippen molar-refractivity contribution in [2.24, 2.45) is 0 Å². The van der Waals surface area contributed by atoms with Crippen LogP contribution in [0.15, 0.2) is 0 Å². The first-order valence-corrected chi connectivity index (χ1v) is 8.16. The van der Waals surface area contributed by atoms with E-state index in [1.807, 2.05) is 11.8 Å². The zero-order valence-corrected chi connectivity index (χ0v) is 11.6. The van der Waals surface area contributed by atoms with E-state index in [1.165, 1.54) is 11.5 Å². The average Bonchev–Trinajstić information content (AvgIpc) is 2.71. The first-order chi connectivity index (χ1) is 8.69. The Balaban J connectivity index is 1.63. The molecule has 0 radical (unpaired) electrons. The molecule has 3 fully saturated rings. The maximum atomic E-state index is 9.67. The van der Waals surface area contributed by atoms with Gasteiger partial charge in [0.1, 0.15) is 0 Å². The number of nitrogens with zero attached hydrogens (tertiary/aromatic N) is 1. The van der Waals surface area contributed by atoms with Crippen LogP contribution in [-0.4, -0.2) is 70.2 Å². The molecular formula is C13H23NO3S. The summed E-state index contributed by atoms with van der Waals surface area (Å²) in [4.78, 5) is 2.27. The van der Waals surface area contributed by atoms with Crippen molar-refractivity contribution in [2.45, 2.75) is 49.5 Å². The van der Waals surface area contributed by atoms with E-state index >= 15 is 0 Å². The summed E-state index contributed by atoms with van der Waals surface area (Å²) < 4.78 is 6.08. The van der Waals surface area contributed by atoms with E-state index < -0.39 is 12.2 Å². The van der Waals surface area contributed by atoms with Crippen LogP contribution in [0.2, 0.25) is 0 Å². The lowest BCUT2D eigenvalue weighted by Gasteiger charge is -2.45. The molecule has 0 bridgehead atoms. The topological polar surface area (TPSA) is 52.9 Å². The minimum atomic E-state index is -0.564. The maximum absolute atomic E-state index is 9.67. The summed E-state index contributed by atoms with van der Waals surface area (Å²) in [5.74, 6) is 2.41. The molecule has 2 N–H and O–H groups in total. The van der Waals surface area contributed by atoms with Gasteiger partial charge in [0.25, 0.3) is 0 Å². The fourth-order valence-corrected chi connectivity index (χ4v) is 4.74. The Bertz CT molecular complexity index is 280. The van der Waals surface area contributed by atoms with Crippen molar-refractivity contribution in [3.05, 3.63) is 0 Å². The first kappa shape index (κ1) is 13.2. The summed E-state index contributed by atoms with van der Waals surface area (Å²) >= 11 is 2.02. The molecule has 0 aromatic heterocycles. The van der Waals surface area contributed by atoms with Gasteiger partial charge in [-0.05, 0) is 37.2 Å². The number of thioether (sulfide) groups is 1. The Morgan fingerprint density at radius 3 is 2.44 bits per heavy atom. The normalized spacial score (nSPS) is 41.3. The van der Waals surface area contributed by atoms with Crippen LogP contribution in [0, 0.1) is 0 Å². The van der Waals surface area contributed by atoms with Crippen molar-refractivity contribution < 1.29 is 14.9 Å². The monoisotopic (exact) mass is 273 g/mol. The van der Waals surface area contributed by atoms with E-state index in [0.29, 0.717) is 19.1 Å². The third-order valence-corrected chi connectivity index (χ3v) is 5.66. The molecule has 3 atom stereocenters. The highest BCUT2D eigenvalue weighted by Crippen LogP contribution is 2.39. The fraction of sp³-hybridized carbons (Fsp3) is 1.00. The molecule has 0 aliphatic carbocycles. The number of aliphatic hydroxyl groups is 2. The lowest BCUT2D eigenvalue weighted by atomic mass is 9.85. The summed E-state index contributed by atoms with van der Waals surface area (Å²) in [6.45, 7) is 2.07. The molecule has 3 aliphatic rings. The molecule has 104 valence electrons. The SMILES string of the molecule is O[C@@H]1CN(C2CCOC3(CCSCC3)C2)C[C@@H]1O. The number of β-amino-alcohol motifs (C(OH)–C–C–N with tert-alkyl or cyclic N) is 2. The lowest BCUT2D eigenvalue weighted by molar-refractivity contribution is -0.109. The van der Waals surface area contributed by atoms with E-state index in [4.69, 9.17) is 4.74 Å². The zero-order chi connectivity index (χ0) is 12.6. The molecule has 3 saturated heterocycles. The third-order valence-electron chi connectivity index (χ3n) is 4.67. The Kier molecular flexibility index (Phi) is 3.87. The van der Waals surface area contributed by atoms with Gasteiger partial charge in [-0.25, -0.2) is 0 Å². The lowest BCUT2D eigenvalue weighted by Crippen LogP contribution is -2.50. The quantitative estimate of drug-likeness (QED) is 0.727. The van der Waals surface area contributed by atoms with Crippen LogP contribution in [0.1, 0.15) is 25.7 Å². The zero-order valence-electron chi connectivity index (χ0n) is 10.8. The van der Waals surface area contributed by atoms with Gasteiger partial charge >= 0.3 is 0 Å². The van der Waals surface area contributed by atoms with Gasteiger partial charge in [0.15, 0.2) is 0 Å². The predicted molar refractivity (Wildman–Crippen MR) is 71.9 cm³/mol. The molecule has 3 aliphatic heterocycles. The predicted octanol–water partition coefficient (Wildman–Crippen LogP) is 0.469. The first-order valence-electron chi connectivity index (χ1n) is 7.00. The molecule has 0 aromatic rings. The van der Waals surface area contributed by atoms with Crippen molar-refractivity contribution in [3.8, 4) is 0 Å². The van der Waals surface area contributed by atoms with Crippen LogP contribution in [0.4, 0.5) is 0 Å². The second-order valence-corrected chi connectivity index (χ2v) is 7.10. The molecule has 0 amide bonds. The summed E-state index contributed by atoms with van der Waals surface area (Å²) in [7, 11) is 0. The standard InChI is InChI=1S/C13H23NO3S/c15-11-8-14(9-12(11)16)10-1-4-17-13(7-10)2-5-18-6-3-13/h10-12,15-16H,1-9H2/t10?,11-,12+. The van der Waals surface area contributed by atoms with E-state index in [-0.39, 0.29) is 5.60 Å². The van der Waals surface area contributed by atoms with Crippen molar-refractivity contribution in [2.75, 3.05) is 31.2 Å². The molecule has 3 rings (SSSR count). The van der Waals surface area contributed by atoms with Crippen LogP contribution in [0.3, 0.4) is 0 Å². The van der Waals surface area contributed by atoms with Gasteiger partial charge in [-0.2, -0.15) is 11.8 Å². The van der Waals surface area contributed by atoms with Crippen LogP contribution in [-0.2, 0) is 4.74 Å². The molecule has 1 spiro atoms. The summed E-state index contributed by atoms with van der Waals surface area (Å²) in [5.41, 5.74) is 0.0899. The highest BCUT2D eigenvalue weighted by molar-refractivity contribution is 7.99. The molecule has 5 heteroatoms. The van der Waals surface area contributed by atoms with E-state index in [0.717, 1.165) is 32.3 Å². The Labute approximate surface area is 113 Å². The third kappa shape index (κ3) is 2.56. The summed E-state index contributed by atoms with van der Waals surface area (Å²) in [6.07, 6.45) is 3.30. The average molecular weight is 273 g/mol. The summed E-state index contributed by atoms with van der Waals surface area (Å²) in [5, 5.41) is 19.3. The highest BCUT2D eigenvalue weighted by Gasteiger charge is 2.43. The van der Waals surface area contributed by atoms with Gasteiger partial charge in [-0.3, -0.25) is 4.90 Å². The van der Waals surface area contributed by atoms with Crippen molar-refractivity contribution in [3.63, 3.8) is 0 Å². The molecule has 18 heavy (non-hydrogen) atoms. The van der Waals surface area contributed by atoms with Crippen LogP contribution >= 0.6 is 11.8 Å². The Hall–Kier alpha value is 0.190. The molecule has 1 unspecified atom stereocenters. The Morgan fingerprint density at radius 2 is 1.78 bits per heavy atom. The van der Waals surface area contributed by atoms with Crippen LogP contribution < -0.4 is 0 Å². The van der Waals surface area contributed by atoms with Crippen molar-refractivity contribution >= 4 is 11.8 Å². The number of hydrogen-bond donors (Lipinski definition) is 2. The second kappa shape index (κ2) is 5.29. The minimum absolute atomic E-state index is 0.0899. The molecular weight excluding hydrogens is 250 g/mol. The van der Waals surface area contributed by atoms with Crippen LogP contribution in [0.25, 0.3) is 0 Å². The minimum Gasteiger partial charge on any atom is -0.389 e. The molecule has 4 nitrogen and oxygen atoms in total. The number of likely N-dealkylation sites (tertiary alicyclic amines) is 1. The van der Waals surface area contributed by atoms with Gasteiger partial charge in [-0.15, -0.1) is 0 Å². The maximum Gasteiger partial charge on any atom is 0.0938 e.